The van der Waals surface area contributed by atoms with E-state index in [2.05, 4.69) is 12.1 Å². The van der Waals surface area contributed by atoms with Crippen LogP contribution in [0.25, 0.3) is 11.3 Å². The number of hydrogen-bond donors (Lipinski definition) is 0. The van der Waals surface area contributed by atoms with Crippen molar-refractivity contribution < 1.29 is 4.52 Å². The molecule has 0 aliphatic heterocycles. The first-order chi connectivity index (χ1) is 7.40. The van der Waals surface area contributed by atoms with Crippen molar-refractivity contribution in [3.05, 3.63) is 42.2 Å². The molecule has 0 amide bonds. The number of aryl methyl sites for hydroxylation is 1. The minimum absolute atomic E-state index is 0.932. The average Bonchev–Trinajstić information content (AvgIpc) is 2.76. The quantitative estimate of drug-likeness (QED) is 0.754. The average molecular weight is 201 g/mol. The number of benzene rings is 1. The number of aromatic nitrogens is 1. The zero-order valence-electron chi connectivity index (χ0n) is 8.94. The molecule has 2 heteroatoms. The molecule has 0 N–H and O–H groups in total. The number of nitrogens with zero attached hydrogens (tertiary/aromatic N) is 1. The van der Waals surface area contributed by atoms with Crippen molar-refractivity contribution >= 4 is 0 Å². The Balaban J connectivity index is 2.14. The van der Waals surface area contributed by atoms with Gasteiger partial charge in [0.15, 0.2) is 0 Å². The number of hydrogen-bond acceptors (Lipinski definition) is 2. The molecule has 0 saturated heterocycles. The first kappa shape index (κ1) is 9.97. The van der Waals surface area contributed by atoms with Gasteiger partial charge in [0.25, 0.3) is 0 Å². The van der Waals surface area contributed by atoms with Gasteiger partial charge in [0.1, 0.15) is 11.5 Å². The second-order valence-corrected chi connectivity index (χ2v) is 3.65. The molecule has 0 unspecified atom stereocenters. The van der Waals surface area contributed by atoms with Crippen LogP contribution < -0.4 is 0 Å². The highest BCUT2D eigenvalue weighted by Gasteiger charge is 2.04. The predicted octanol–water partition coefficient (Wildman–Crippen LogP) is 3.68. The van der Waals surface area contributed by atoms with Crippen molar-refractivity contribution in [2.24, 2.45) is 0 Å². The Hall–Kier alpha value is -1.57. The van der Waals surface area contributed by atoms with Gasteiger partial charge in [-0.3, -0.25) is 0 Å². The summed E-state index contributed by atoms with van der Waals surface area (Å²) in [5.41, 5.74) is 2.05. The van der Waals surface area contributed by atoms with Crippen molar-refractivity contribution in [1.82, 2.24) is 5.16 Å². The van der Waals surface area contributed by atoms with E-state index in [1.54, 1.807) is 0 Å². The van der Waals surface area contributed by atoms with E-state index in [0.717, 1.165) is 29.9 Å². The standard InChI is InChI=1S/C13H15NO/c1-2-3-9-12-10-13(14-15-12)11-7-5-4-6-8-11/h4-8,10H,2-3,9H2,1H3. The van der Waals surface area contributed by atoms with Crippen LogP contribution in [0.15, 0.2) is 40.9 Å². The third kappa shape index (κ3) is 2.46. The molecule has 0 aliphatic rings. The molecule has 2 aromatic rings. The predicted molar refractivity (Wildman–Crippen MR) is 60.6 cm³/mol. The lowest BCUT2D eigenvalue weighted by Crippen LogP contribution is -1.78. The summed E-state index contributed by atoms with van der Waals surface area (Å²) in [5.74, 6) is 0.982. The molecule has 0 fully saturated rings. The maximum Gasteiger partial charge on any atom is 0.137 e. The monoisotopic (exact) mass is 201 g/mol. The summed E-state index contributed by atoms with van der Waals surface area (Å²) in [6.07, 6.45) is 3.32. The molecular formula is C13H15NO. The first-order valence-electron chi connectivity index (χ1n) is 5.41. The van der Waals surface area contributed by atoms with Gasteiger partial charge in [-0.05, 0) is 6.42 Å². The van der Waals surface area contributed by atoms with Gasteiger partial charge in [-0.2, -0.15) is 0 Å². The van der Waals surface area contributed by atoms with E-state index in [0.29, 0.717) is 0 Å². The minimum Gasteiger partial charge on any atom is -0.361 e. The third-order valence-electron chi connectivity index (χ3n) is 2.41. The van der Waals surface area contributed by atoms with Gasteiger partial charge < -0.3 is 4.52 Å². The first-order valence-corrected chi connectivity index (χ1v) is 5.41. The van der Waals surface area contributed by atoms with E-state index in [1.165, 1.54) is 6.42 Å². The maximum atomic E-state index is 5.27. The fourth-order valence-corrected chi connectivity index (χ4v) is 1.53. The molecule has 2 nitrogen and oxygen atoms in total. The lowest BCUT2D eigenvalue weighted by atomic mass is 10.1. The highest BCUT2D eigenvalue weighted by atomic mass is 16.5. The zero-order valence-corrected chi connectivity index (χ0v) is 8.94. The van der Waals surface area contributed by atoms with Crippen LogP contribution in [0.5, 0.6) is 0 Å². The van der Waals surface area contributed by atoms with Gasteiger partial charge in [0, 0.05) is 18.1 Å². The second-order valence-electron chi connectivity index (χ2n) is 3.65. The Bertz CT molecular complexity index is 405. The highest BCUT2D eigenvalue weighted by Crippen LogP contribution is 2.19. The van der Waals surface area contributed by atoms with Gasteiger partial charge in [-0.25, -0.2) is 0 Å². The minimum atomic E-state index is 0.932. The number of rotatable bonds is 4. The van der Waals surface area contributed by atoms with Crippen LogP contribution in [0.1, 0.15) is 25.5 Å². The molecule has 0 radical (unpaired) electrons. The molecule has 0 atom stereocenters. The van der Waals surface area contributed by atoms with Crippen LogP contribution in [0.3, 0.4) is 0 Å². The molecule has 1 aromatic carbocycles. The topological polar surface area (TPSA) is 26.0 Å². The Morgan fingerprint density at radius 3 is 2.73 bits per heavy atom. The van der Waals surface area contributed by atoms with Crippen LogP contribution in [-0.4, -0.2) is 5.16 Å². The molecule has 2 rings (SSSR count). The Kier molecular flexibility index (Phi) is 3.18. The summed E-state index contributed by atoms with van der Waals surface area (Å²) in [6, 6.07) is 12.1. The molecule has 1 aromatic heterocycles. The van der Waals surface area contributed by atoms with Gasteiger partial charge in [-0.1, -0.05) is 48.8 Å². The van der Waals surface area contributed by atoms with E-state index in [4.69, 9.17) is 4.52 Å². The van der Waals surface area contributed by atoms with Crippen molar-refractivity contribution in [2.75, 3.05) is 0 Å². The molecule has 1 heterocycles. The van der Waals surface area contributed by atoms with E-state index in [9.17, 15) is 0 Å². The molecular weight excluding hydrogens is 186 g/mol. The summed E-state index contributed by atoms with van der Waals surface area (Å²) >= 11 is 0. The van der Waals surface area contributed by atoms with Gasteiger partial charge in [0.2, 0.25) is 0 Å². The summed E-state index contributed by atoms with van der Waals surface area (Å²) in [7, 11) is 0. The molecule has 0 bridgehead atoms. The van der Waals surface area contributed by atoms with Crippen molar-refractivity contribution in [2.45, 2.75) is 26.2 Å². The van der Waals surface area contributed by atoms with Crippen LogP contribution in [0.2, 0.25) is 0 Å². The fraction of sp³-hybridized carbons (Fsp3) is 0.308. The smallest absolute Gasteiger partial charge is 0.137 e. The Morgan fingerprint density at radius 1 is 1.20 bits per heavy atom. The van der Waals surface area contributed by atoms with Gasteiger partial charge in [-0.15, -0.1) is 0 Å². The summed E-state index contributed by atoms with van der Waals surface area (Å²) in [6.45, 7) is 2.18. The highest BCUT2D eigenvalue weighted by molar-refractivity contribution is 5.58. The normalized spacial score (nSPS) is 10.5. The van der Waals surface area contributed by atoms with Crippen LogP contribution in [0.4, 0.5) is 0 Å². The second kappa shape index (κ2) is 4.78. The molecule has 0 spiro atoms. The van der Waals surface area contributed by atoms with E-state index in [1.807, 2.05) is 36.4 Å². The van der Waals surface area contributed by atoms with E-state index < -0.39 is 0 Å². The largest absolute Gasteiger partial charge is 0.361 e. The van der Waals surface area contributed by atoms with Crippen molar-refractivity contribution in [1.29, 1.82) is 0 Å². The van der Waals surface area contributed by atoms with Crippen LogP contribution in [-0.2, 0) is 6.42 Å². The van der Waals surface area contributed by atoms with E-state index >= 15 is 0 Å². The van der Waals surface area contributed by atoms with Gasteiger partial charge >= 0.3 is 0 Å². The molecule has 0 aliphatic carbocycles. The lowest BCUT2D eigenvalue weighted by Gasteiger charge is -1.91. The maximum absolute atomic E-state index is 5.27. The zero-order chi connectivity index (χ0) is 10.5. The van der Waals surface area contributed by atoms with Gasteiger partial charge in [0.05, 0.1) is 0 Å². The summed E-state index contributed by atoms with van der Waals surface area (Å²) in [5, 5.41) is 4.06. The van der Waals surface area contributed by atoms with Crippen molar-refractivity contribution in [3.8, 4) is 11.3 Å². The van der Waals surface area contributed by atoms with Crippen LogP contribution >= 0.6 is 0 Å². The SMILES string of the molecule is CCCCc1cc(-c2ccccc2)no1. The van der Waals surface area contributed by atoms with Crippen molar-refractivity contribution in [3.63, 3.8) is 0 Å². The van der Waals surface area contributed by atoms with E-state index in [-0.39, 0.29) is 0 Å². The third-order valence-corrected chi connectivity index (χ3v) is 2.41. The molecule has 0 saturated carbocycles. The van der Waals surface area contributed by atoms with Crippen LogP contribution in [0, 0.1) is 0 Å². The summed E-state index contributed by atoms with van der Waals surface area (Å²) < 4.78 is 5.27. The Morgan fingerprint density at radius 2 is 2.00 bits per heavy atom. The molecule has 15 heavy (non-hydrogen) atoms. The lowest BCUT2D eigenvalue weighted by molar-refractivity contribution is 0.382. The summed E-state index contributed by atoms with van der Waals surface area (Å²) in [4.78, 5) is 0. The number of unbranched alkanes of at least 4 members (excludes halogenated alkanes) is 1. The Labute approximate surface area is 89.9 Å². The molecule has 78 valence electrons. The fourth-order valence-electron chi connectivity index (χ4n) is 1.53.